The highest BCUT2D eigenvalue weighted by Gasteiger charge is 2.09. The van der Waals surface area contributed by atoms with E-state index in [9.17, 15) is 0 Å². The van der Waals surface area contributed by atoms with Gasteiger partial charge in [-0.1, -0.05) is 54.6 Å². The number of nitrogens with zero attached hydrogens (tertiary/aromatic N) is 1. The molecule has 4 rings (SSSR count). The predicted octanol–water partition coefficient (Wildman–Crippen LogP) is 4.59. The number of aromatic nitrogens is 2. The quantitative estimate of drug-likeness (QED) is 0.737. The second-order valence-corrected chi connectivity index (χ2v) is 5.94. The smallest absolute Gasteiger partial charge is 0.300 e. The first-order valence-corrected chi connectivity index (χ1v) is 8.20. The maximum absolute atomic E-state index is 9.00. The Balaban J connectivity index is 0.000000415. The number of nitrogens with one attached hydrogen (secondary N) is 1. The number of fused-ring (bicyclic) bond motifs is 1. The summed E-state index contributed by atoms with van der Waals surface area (Å²) in [5.74, 6) is 0.159. The fraction of sp³-hybridized carbons (Fsp3) is 0.143. The van der Waals surface area contributed by atoms with Crippen LogP contribution in [0.4, 0.5) is 0 Å². The summed E-state index contributed by atoms with van der Waals surface area (Å²) in [5.41, 5.74) is 6.05. The third kappa shape index (κ3) is 4.44. The van der Waals surface area contributed by atoms with Crippen molar-refractivity contribution in [3.05, 3.63) is 83.7 Å². The van der Waals surface area contributed by atoms with E-state index in [1.807, 2.05) is 0 Å². The summed E-state index contributed by atoms with van der Waals surface area (Å²) in [7, 11) is 0. The fourth-order valence-electron chi connectivity index (χ4n) is 2.77. The van der Waals surface area contributed by atoms with Gasteiger partial charge in [-0.15, -0.1) is 0 Å². The lowest BCUT2D eigenvalue weighted by Crippen LogP contribution is -1.87. The van der Waals surface area contributed by atoms with Crippen molar-refractivity contribution in [1.29, 1.82) is 0 Å². The Morgan fingerprint density at radius 2 is 1.92 bits per heavy atom. The maximum atomic E-state index is 9.00. The average Bonchev–Trinajstić information content (AvgIpc) is 3.24. The summed E-state index contributed by atoms with van der Waals surface area (Å²) in [4.78, 5) is 17.1. The highest BCUT2D eigenvalue weighted by atomic mass is 16.4. The molecule has 0 saturated carbocycles. The molecule has 1 aliphatic carbocycles. The van der Waals surface area contributed by atoms with Crippen LogP contribution in [0.15, 0.2) is 66.8 Å². The van der Waals surface area contributed by atoms with E-state index in [1.165, 1.54) is 16.7 Å². The molecule has 4 nitrogen and oxygen atoms in total. The van der Waals surface area contributed by atoms with E-state index in [2.05, 4.69) is 76.7 Å². The van der Waals surface area contributed by atoms with E-state index >= 15 is 0 Å². The monoisotopic (exact) mass is 332 g/mol. The molecule has 0 bridgehead atoms. The molecule has 2 N–H and O–H groups in total. The molecule has 1 heterocycles. The largest absolute Gasteiger partial charge is 0.481 e. The lowest BCUT2D eigenvalue weighted by atomic mass is 10.0. The number of rotatable bonds is 3. The first-order chi connectivity index (χ1) is 12.1. The molecule has 0 aliphatic heterocycles. The molecule has 0 saturated heterocycles. The van der Waals surface area contributed by atoms with Crippen LogP contribution in [0.3, 0.4) is 0 Å². The molecule has 0 spiro atoms. The zero-order valence-corrected chi connectivity index (χ0v) is 14.1. The molecule has 0 radical (unpaired) electrons. The minimum absolute atomic E-state index is 0.833. The summed E-state index contributed by atoms with van der Waals surface area (Å²) in [6, 6.07) is 17.0. The Morgan fingerprint density at radius 1 is 1.16 bits per heavy atom. The number of carboxylic acid groups (broad SMARTS) is 1. The number of hydrogen-bond acceptors (Lipinski definition) is 2. The van der Waals surface area contributed by atoms with Crippen molar-refractivity contribution in [2.24, 2.45) is 0 Å². The van der Waals surface area contributed by atoms with Gasteiger partial charge in [-0.3, -0.25) is 4.79 Å². The maximum Gasteiger partial charge on any atom is 0.300 e. The van der Waals surface area contributed by atoms with Gasteiger partial charge in [0.05, 0.1) is 11.0 Å². The lowest BCUT2D eigenvalue weighted by molar-refractivity contribution is -0.134. The molecule has 1 aromatic heterocycles. The summed E-state index contributed by atoms with van der Waals surface area (Å²) >= 11 is 0. The van der Waals surface area contributed by atoms with Gasteiger partial charge in [-0.25, -0.2) is 4.98 Å². The molecule has 0 fully saturated rings. The van der Waals surface area contributed by atoms with Gasteiger partial charge in [0, 0.05) is 6.92 Å². The van der Waals surface area contributed by atoms with Crippen LogP contribution >= 0.6 is 0 Å². The number of imidazole rings is 1. The van der Waals surface area contributed by atoms with Crippen LogP contribution in [0.1, 0.15) is 30.3 Å². The number of hydrogen-bond donors (Lipinski definition) is 2. The second-order valence-electron chi connectivity index (χ2n) is 5.94. The molecule has 2 aromatic carbocycles. The predicted molar refractivity (Wildman–Crippen MR) is 100 cm³/mol. The van der Waals surface area contributed by atoms with Gasteiger partial charge < -0.3 is 10.1 Å². The summed E-state index contributed by atoms with van der Waals surface area (Å²) in [5, 5.41) is 7.42. The van der Waals surface area contributed by atoms with Crippen LogP contribution in [-0.4, -0.2) is 21.0 Å². The molecular formula is C21H20N2O2. The van der Waals surface area contributed by atoms with Crippen LogP contribution in [0.25, 0.3) is 16.6 Å². The van der Waals surface area contributed by atoms with Crippen LogP contribution in [0.2, 0.25) is 0 Å². The average molecular weight is 332 g/mol. The minimum Gasteiger partial charge on any atom is -0.481 e. The normalized spacial score (nSPS) is 12.6. The van der Waals surface area contributed by atoms with Crippen LogP contribution < -0.4 is 0 Å². The van der Waals surface area contributed by atoms with E-state index in [0.29, 0.717) is 0 Å². The highest BCUT2D eigenvalue weighted by Crippen LogP contribution is 2.24. The molecule has 3 aromatic rings. The van der Waals surface area contributed by atoms with Crippen molar-refractivity contribution >= 4 is 22.6 Å². The first-order valence-electron chi connectivity index (χ1n) is 8.20. The number of H-pyrrole nitrogens is 1. The van der Waals surface area contributed by atoms with Crippen molar-refractivity contribution in [2.45, 2.75) is 19.8 Å². The molecule has 0 amide bonds. The van der Waals surface area contributed by atoms with Crippen molar-refractivity contribution in [3.63, 3.8) is 0 Å². The summed E-state index contributed by atoms with van der Waals surface area (Å²) < 4.78 is 0. The zero-order chi connectivity index (χ0) is 17.6. The SMILES string of the molecule is C1=CCC(c2nc3ccc(Cc4ccccc4)cc3[nH]2)=C1.CC(=O)O. The number of carbonyl (C=O) groups is 1. The van der Waals surface area contributed by atoms with E-state index in [0.717, 1.165) is 36.6 Å². The standard InChI is InChI=1S/C19H16N2.C2H4O2/c1-2-6-14(7-3-1)12-15-10-11-17-18(13-15)21-19(20-17)16-8-4-5-9-16;1-2(3)4/h1-8,10-11,13H,9,12H2,(H,20,21);1H3,(H,3,4). The molecule has 1 aliphatic rings. The Labute approximate surface area is 146 Å². The number of aromatic amines is 1. The van der Waals surface area contributed by atoms with E-state index < -0.39 is 5.97 Å². The summed E-state index contributed by atoms with van der Waals surface area (Å²) in [6.45, 7) is 1.08. The van der Waals surface area contributed by atoms with Crippen LogP contribution in [-0.2, 0) is 11.2 Å². The van der Waals surface area contributed by atoms with E-state index in [-0.39, 0.29) is 0 Å². The Morgan fingerprint density at radius 3 is 2.60 bits per heavy atom. The molecular weight excluding hydrogens is 312 g/mol. The third-order valence-corrected chi connectivity index (χ3v) is 3.87. The first kappa shape index (κ1) is 16.7. The third-order valence-electron chi connectivity index (χ3n) is 3.87. The van der Waals surface area contributed by atoms with Crippen molar-refractivity contribution in [3.8, 4) is 0 Å². The fourth-order valence-corrected chi connectivity index (χ4v) is 2.77. The Hall–Kier alpha value is -3.14. The van der Waals surface area contributed by atoms with Crippen molar-refractivity contribution in [2.75, 3.05) is 0 Å². The van der Waals surface area contributed by atoms with Crippen LogP contribution in [0, 0.1) is 0 Å². The highest BCUT2D eigenvalue weighted by molar-refractivity contribution is 5.80. The van der Waals surface area contributed by atoms with Gasteiger partial charge in [-0.05, 0) is 41.7 Å². The molecule has 4 heteroatoms. The number of carboxylic acids is 1. The molecule has 0 unspecified atom stereocenters. The van der Waals surface area contributed by atoms with Gasteiger partial charge >= 0.3 is 0 Å². The zero-order valence-electron chi connectivity index (χ0n) is 14.1. The van der Waals surface area contributed by atoms with E-state index in [1.54, 1.807) is 0 Å². The number of allylic oxidation sites excluding steroid dienone is 4. The van der Waals surface area contributed by atoms with E-state index in [4.69, 9.17) is 9.90 Å². The van der Waals surface area contributed by atoms with Gasteiger partial charge in [0.2, 0.25) is 0 Å². The van der Waals surface area contributed by atoms with Gasteiger partial charge in [-0.2, -0.15) is 0 Å². The number of aliphatic carboxylic acids is 1. The molecule has 25 heavy (non-hydrogen) atoms. The van der Waals surface area contributed by atoms with Gasteiger partial charge in [0.1, 0.15) is 5.82 Å². The van der Waals surface area contributed by atoms with Crippen LogP contribution in [0.5, 0.6) is 0 Å². The summed E-state index contributed by atoms with van der Waals surface area (Å²) in [6.07, 6.45) is 8.29. The molecule has 126 valence electrons. The van der Waals surface area contributed by atoms with Crippen molar-refractivity contribution in [1.82, 2.24) is 9.97 Å². The Bertz CT molecular complexity index is 933. The minimum atomic E-state index is -0.833. The Kier molecular flexibility index (Phi) is 5.09. The van der Waals surface area contributed by atoms with Gasteiger partial charge in [0.15, 0.2) is 0 Å². The second kappa shape index (κ2) is 7.62. The number of benzene rings is 2. The van der Waals surface area contributed by atoms with Crippen molar-refractivity contribution < 1.29 is 9.90 Å². The van der Waals surface area contributed by atoms with Gasteiger partial charge in [0.25, 0.3) is 5.97 Å². The topological polar surface area (TPSA) is 66.0 Å². The lowest BCUT2D eigenvalue weighted by Gasteiger charge is -2.01. The molecule has 0 atom stereocenters.